The molecule has 3 rings (SSSR count). The normalized spacial score (nSPS) is 12.2. The zero-order valence-corrected chi connectivity index (χ0v) is 22.0. The van der Waals surface area contributed by atoms with Crippen molar-refractivity contribution in [1.29, 1.82) is 0 Å². The van der Waals surface area contributed by atoms with Crippen molar-refractivity contribution >= 4 is 55.8 Å². The number of amides is 1. The molecule has 1 amide bonds. The van der Waals surface area contributed by atoms with Gasteiger partial charge in [0.1, 0.15) is 0 Å². The van der Waals surface area contributed by atoms with Gasteiger partial charge in [0.15, 0.2) is 0 Å². The fraction of sp³-hybridized carbons (Fsp3) is 0.160. The number of rotatable bonds is 8. The molecule has 0 aliphatic carbocycles. The highest BCUT2D eigenvalue weighted by atomic mass is 127. The second-order valence-corrected chi connectivity index (χ2v) is 11.0. The van der Waals surface area contributed by atoms with E-state index in [1.807, 2.05) is 31.2 Å². The van der Waals surface area contributed by atoms with Crippen molar-refractivity contribution in [2.75, 3.05) is 11.9 Å². The van der Waals surface area contributed by atoms with Gasteiger partial charge in [-0.25, -0.2) is 13.1 Å². The topological polar surface area (TPSA) is 66.5 Å². The summed E-state index contributed by atoms with van der Waals surface area (Å²) < 4.78 is 29.8. The molecule has 0 aliphatic rings. The molecule has 0 saturated heterocycles. The Morgan fingerprint density at radius 1 is 1.06 bits per heavy atom. The summed E-state index contributed by atoms with van der Waals surface area (Å²) in [7, 11) is -2.16. The number of benzene rings is 3. The molecule has 33 heavy (non-hydrogen) atoms. The highest BCUT2D eigenvalue weighted by Crippen LogP contribution is 2.28. The monoisotopic (exact) mass is 594 g/mol. The van der Waals surface area contributed by atoms with E-state index in [0.29, 0.717) is 10.6 Å². The van der Waals surface area contributed by atoms with E-state index in [1.54, 1.807) is 55.6 Å². The number of carbonyl (C=O) groups is 1. The Kier molecular flexibility index (Phi) is 8.33. The number of sulfonamides is 1. The number of carbonyl (C=O) groups excluding carboxylic acids is 1. The molecule has 1 atom stereocenters. The predicted molar refractivity (Wildman–Crippen MR) is 142 cm³/mol. The highest BCUT2D eigenvalue weighted by molar-refractivity contribution is 14.1. The van der Waals surface area contributed by atoms with E-state index in [0.717, 1.165) is 14.8 Å². The fourth-order valence-corrected chi connectivity index (χ4v) is 5.40. The molecule has 0 aromatic heterocycles. The molecular weight excluding hydrogens is 571 g/mol. The van der Waals surface area contributed by atoms with Crippen molar-refractivity contribution in [3.05, 3.63) is 105 Å². The molecule has 3 aromatic rings. The first-order valence-electron chi connectivity index (χ1n) is 10.1. The minimum absolute atomic E-state index is 0.0965. The molecule has 8 heteroatoms. The third-order valence-corrected chi connectivity index (χ3v) is 7.82. The lowest BCUT2D eigenvalue weighted by Gasteiger charge is -2.24. The summed E-state index contributed by atoms with van der Waals surface area (Å²) in [6.45, 7) is 5.86. The molecule has 0 aliphatic heterocycles. The summed E-state index contributed by atoms with van der Waals surface area (Å²) in [5, 5.41) is 0.534. The second kappa shape index (κ2) is 10.8. The van der Waals surface area contributed by atoms with Crippen molar-refractivity contribution in [2.24, 2.45) is 0 Å². The van der Waals surface area contributed by atoms with Gasteiger partial charge in [-0.15, -0.1) is 0 Å². The number of likely N-dealkylation sites (N-methyl/N-ethyl adjacent to an activating group) is 1. The molecule has 0 fully saturated rings. The molecule has 0 spiro atoms. The number of halogens is 2. The molecule has 5 nitrogen and oxygen atoms in total. The van der Waals surface area contributed by atoms with Gasteiger partial charge in [0.25, 0.3) is 5.91 Å². The van der Waals surface area contributed by atoms with Crippen LogP contribution >= 0.6 is 34.2 Å². The lowest BCUT2D eigenvalue weighted by atomic mass is 10.00. The van der Waals surface area contributed by atoms with Gasteiger partial charge in [-0.3, -0.25) is 4.79 Å². The Morgan fingerprint density at radius 2 is 1.67 bits per heavy atom. The van der Waals surface area contributed by atoms with Gasteiger partial charge in [0.2, 0.25) is 10.0 Å². The maximum absolute atomic E-state index is 13.1. The van der Waals surface area contributed by atoms with Crippen LogP contribution in [0.5, 0.6) is 0 Å². The van der Waals surface area contributed by atoms with Crippen LogP contribution in [0, 0.1) is 10.5 Å². The first-order valence-corrected chi connectivity index (χ1v) is 13.1. The minimum atomic E-state index is -3.84. The first-order chi connectivity index (χ1) is 15.6. The van der Waals surface area contributed by atoms with E-state index >= 15 is 0 Å². The second-order valence-electron chi connectivity index (χ2n) is 7.66. The number of anilines is 1. The van der Waals surface area contributed by atoms with Crippen LogP contribution < -0.4 is 9.62 Å². The van der Waals surface area contributed by atoms with Gasteiger partial charge < -0.3 is 4.90 Å². The molecule has 0 heterocycles. The fourth-order valence-electron chi connectivity index (χ4n) is 3.30. The van der Waals surface area contributed by atoms with E-state index in [1.165, 1.54) is 4.90 Å². The summed E-state index contributed by atoms with van der Waals surface area (Å²) in [5.41, 5.74) is 2.68. The third kappa shape index (κ3) is 6.44. The quantitative estimate of drug-likeness (QED) is 0.262. The molecule has 3 aromatic carbocycles. The van der Waals surface area contributed by atoms with Crippen LogP contribution in [-0.2, 0) is 14.8 Å². The Bertz CT molecular complexity index is 1260. The SMILES string of the molecule is C=C(CC(NS(=O)(=O)c1ccc(C)cc1)c1ccc(Cl)cc1)C(=O)N(C)c1ccccc1I. The minimum Gasteiger partial charge on any atom is -0.311 e. The predicted octanol–water partition coefficient (Wildman–Crippen LogP) is 5.88. The Balaban J connectivity index is 1.87. The molecule has 0 radical (unpaired) electrons. The maximum Gasteiger partial charge on any atom is 0.253 e. The van der Waals surface area contributed by atoms with Crippen molar-refractivity contribution in [1.82, 2.24) is 4.72 Å². The van der Waals surface area contributed by atoms with Crippen molar-refractivity contribution in [3.63, 3.8) is 0 Å². The van der Waals surface area contributed by atoms with E-state index < -0.39 is 16.1 Å². The average molecular weight is 595 g/mol. The lowest BCUT2D eigenvalue weighted by Crippen LogP contribution is -2.33. The van der Waals surface area contributed by atoms with Crippen LogP contribution in [0.2, 0.25) is 5.02 Å². The van der Waals surface area contributed by atoms with Gasteiger partial charge in [0, 0.05) is 21.2 Å². The number of hydrogen-bond donors (Lipinski definition) is 1. The summed E-state index contributed by atoms with van der Waals surface area (Å²) in [6, 6.07) is 20.3. The molecule has 1 N–H and O–H groups in total. The van der Waals surface area contributed by atoms with Gasteiger partial charge in [0.05, 0.1) is 16.6 Å². The molecule has 1 unspecified atom stereocenters. The summed E-state index contributed by atoms with van der Waals surface area (Å²) in [5.74, 6) is -0.285. The standard InChI is InChI=1S/C25H24ClIN2O3S/c1-17-8-14-21(15-9-17)33(31,32)28-23(19-10-12-20(26)13-11-19)16-18(2)25(30)29(3)24-7-5-4-6-22(24)27/h4-15,23,28H,2,16H2,1,3H3. The van der Waals surface area contributed by atoms with Crippen molar-refractivity contribution in [3.8, 4) is 0 Å². The van der Waals surface area contributed by atoms with Crippen molar-refractivity contribution in [2.45, 2.75) is 24.3 Å². The zero-order chi connectivity index (χ0) is 24.2. The molecule has 0 bridgehead atoms. The van der Waals surface area contributed by atoms with Gasteiger partial charge >= 0.3 is 0 Å². The van der Waals surface area contributed by atoms with Crippen LogP contribution in [0.25, 0.3) is 0 Å². The Labute approximate surface area is 213 Å². The van der Waals surface area contributed by atoms with Crippen LogP contribution in [-0.4, -0.2) is 21.4 Å². The first kappa shape index (κ1) is 25.4. The smallest absolute Gasteiger partial charge is 0.253 e. The summed E-state index contributed by atoms with van der Waals surface area (Å²) in [4.78, 5) is 14.8. The third-order valence-electron chi connectivity index (χ3n) is 5.17. The van der Waals surface area contributed by atoms with Crippen LogP contribution in [0.15, 0.2) is 89.8 Å². The number of hydrogen-bond acceptors (Lipinski definition) is 3. The van der Waals surface area contributed by atoms with Crippen LogP contribution in [0.1, 0.15) is 23.6 Å². The molecular formula is C25H24ClIN2O3S. The number of para-hydroxylation sites is 1. The van der Waals surface area contributed by atoms with Crippen LogP contribution in [0.4, 0.5) is 5.69 Å². The van der Waals surface area contributed by atoms with Gasteiger partial charge in [-0.05, 0) is 77.9 Å². The number of nitrogens with one attached hydrogen (secondary N) is 1. The van der Waals surface area contributed by atoms with E-state index in [2.05, 4.69) is 33.9 Å². The summed E-state index contributed by atoms with van der Waals surface area (Å²) in [6.07, 6.45) is 0.0965. The van der Waals surface area contributed by atoms with Gasteiger partial charge in [-0.2, -0.15) is 0 Å². The average Bonchev–Trinajstić information content (AvgIpc) is 2.78. The summed E-state index contributed by atoms with van der Waals surface area (Å²) >= 11 is 8.19. The molecule has 172 valence electrons. The van der Waals surface area contributed by atoms with E-state index in [9.17, 15) is 13.2 Å². The maximum atomic E-state index is 13.1. The van der Waals surface area contributed by atoms with E-state index in [-0.39, 0.29) is 22.8 Å². The van der Waals surface area contributed by atoms with Crippen molar-refractivity contribution < 1.29 is 13.2 Å². The van der Waals surface area contributed by atoms with Gasteiger partial charge in [-0.1, -0.05) is 60.1 Å². The van der Waals surface area contributed by atoms with E-state index in [4.69, 9.17) is 11.6 Å². The lowest BCUT2D eigenvalue weighted by molar-refractivity contribution is -0.115. The number of aryl methyl sites for hydroxylation is 1. The largest absolute Gasteiger partial charge is 0.311 e. The van der Waals surface area contributed by atoms with Crippen LogP contribution in [0.3, 0.4) is 0 Å². The Hall–Kier alpha value is -2.20. The number of nitrogens with zero attached hydrogens (tertiary/aromatic N) is 1. The molecule has 0 saturated carbocycles. The highest BCUT2D eigenvalue weighted by Gasteiger charge is 2.25. The Morgan fingerprint density at radius 3 is 2.27 bits per heavy atom. The zero-order valence-electron chi connectivity index (χ0n) is 18.3.